The summed E-state index contributed by atoms with van der Waals surface area (Å²) in [7, 11) is 0. The maximum Gasteiger partial charge on any atom is 0.267 e. The summed E-state index contributed by atoms with van der Waals surface area (Å²) < 4.78 is 55.9. The van der Waals surface area contributed by atoms with Crippen LogP contribution in [0.5, 0.6) is 0 Å². The molecule has 0 aliphatic rings. The lowest BCUT2D eigenvalue weighted by Crippen LogP contribution is -2.10. The molecule has 4 rings (SSSR count). The lowest BCUT2D eigenvalue weighted by Gasteiger charge is -2.07. The first-order valence-corrected chi connectivity index (χ1v) is 9.37. The molecule has 0 aliphatic heterocycles. The molecule has 4 nitrogen and oxygen atoms in total. The second-order valence-electron chi connectivity index (χ2n) is 6.07. The Morgan fingerprint density at radius 3 is 2.66 bits per heavy atom. The molecule has 1 amide bonds. The summed E-state index contributed by atoms with van der Waals surface area (Å²) in [5.41, 5.74) is -0.440. The summed E-state index contributed by atoms with van der Waals surface area (Å²) in [6, 6.07) is 7.55. The molecule has 4 aromatic rings. The predicted molar refractivity (Wildman–Crippen MR) is 102 cm³/mol. The number of aromatic nitrogens is 2. The van der Waals surface area contributed by atoms with Crippen LogP contribution in [0.15, 0.2) is 42.7 Å². The second kappa shape index (κ2) is 7.49. The molecule has 29 heavy (non-hydrogen) atoms. The number of carbonyl (C=O) groups excluding carboxylic acids is 1. The van der Waals surface area contributed by atoms with Crippen LogP contribution in [0.4, 0.5) is 23.2 Å². The van der Waals surface area contributed by atoms with Gasteiger partial charge in [-0.2, -0.15) is 5.10 Å². The number of anilines is 1. The van der Waals surface area contributed by atoms with Crippen LogP contribution in [0.1, 0.15) is 15.2 Å². The van der Waals surface area contributed by atoms with E-state index in [1.54, 1.807) is 6.07 Å². The summed E-state index contributed by atoms with van der Waals surface area (Å²) in [6.45, 7) is -0.492. The van der Waals surface area contributed by atoms with Crippen LogP contribution in [0.25, 0.3) is 10.1 Å². The van der Waals surface area contributed by atoms with E-state index in [1.807, 2.05) is 18.2 Å². The van der Waals surface area contributed by atoms with E-state index in [0.717, 1.165) is 14.8 Å². The summed E-state index contributed by atoms with van der Waals surface area (Å²) >= 11 is 7.49. The minimum Gasteiger partial charge on any atom is -0.319 e. The molecular weight excluding hydrogens is 430 g/mol. The molecular formula is C19H10ClF4N3OS. The second-order valence-corrected chi connectivity index (χ2v) is 7.50. The molecule has 2 aromatic heterocycles. The fourth-order valence-corrected chi connectivity index (χ4v) is 4.19. The molecule has 0 saturated carbocycles. The lowest BCUT2D eigenvalue weighted by molar-refractivity contribution is 0.103. The smallest absolute Gasteiger partial charge is 0.267 e. The average Bonchev–Trinajstić information content (AvgIpc) is 3.28. The van der Waals surface area contributed by atoms with Crippen molar-refractivity contribution in [1.82, 2.24) is 9.78 Å². The van der Waals surface area contributed by atoms with Crippen LogP contribution in [0.3, 0.4) is 0 Å². The van der Waals surface area contributed by atoms with Crippen LogP contribution in [-0.2, 0) is 6.54 Å². The first kappa shape index (κ1) is 19.4. The van der Waals surface area contributed by atoms with Crippen molar-refractivity contribution in [2.45, 2.75) is 6.54 Å². The molecule has 148 valence electrons. The van der Waals surface area contributed by atoms with Gasteiger partial charge in [0.25, 0.3) is 5.91 Å². The van der Waals surface area contributed by atoms with E-state index in [0.29, 0.717) is 9.90 Å². The first-order valence-electron chi connectivity index (χ1n) is 8.18. The van der Waals surface area contributed by atoms with Crippen LogP contribution < -0.4 is 5.32 Å². The summed E-state index contributed by atoms with van der Waals surface area (Å²) in [4.78, 5) is 12.8. The van der Waals surface area contributed by atoms with Gasteiger partial charge in [-0.1, -0.05) is 29.8 Å². The average molecular weight is 440 g/mol. The minimum atomic E-state index is -1.76. The van der Waals surface area contributed by atoms with E-state index in [1.165, 1.54) is 23.7 Å². The number of nitrogens with one attached hydrogen (secondary N) is 1. The molecule has 1 N–H and O–H groups in total. The number of thiophene rings is 1. The van der Waals surface area contributed by atoms with E-state index in [-0.39, 0.29) is 11.8 Å². The molecule has 2 aromatic carbocycles. The van der Waals surface area contributed by atoms with E-state index >= 15 is 0 Å². The Kier molecular flexibility index (Phi) is 5.01. The highest BCUT2D eigenvalue weighted by molar-refractivity contribution is 7.21. The number of carbonyl (C=O) groups is 1. The van der Waals surface area contributed by atoms with Crippen molar-refractivity contribution in [2.24, 2.45) is 0 Å². The normalized spacial score (nSPS) is 11.2. The lowest BCUT2D eigenvalue weighted by atomic mass is 10.2. The Balaban J connectivity index is 1.55. The zero-order valence-corrected chi connectivity index (χ0v) is 15.9. The minimum absolute atomic E-state index is 0.243. The maximum absolute atomic E-state index is 13.8. The number of fused-ring (bicyclic) bond motifs is 1. The third-order valence-corrected chi connectivity index (χ3v) is 5.84. The van der Waals surface area contributed by atoms with Crippen molar-refractivity contribution in [3.8, 4) is 0 Å². The van der Waals surface area contributed by atoms with E-state index in [9.17, 15) is 22.4 Å². The fourth-order valence-electron chi connectivity index (χ4n) is 2.77. The van der Waals surface area contributed by atoms with Crippen molar-refractivity contribution >= 4 is 44.6 Å². The van der Waals surface area contributed by atoms with Gasteiger partial charge >= 0.3 is 0 Å². The SMILES string of the molecule is O=C(Nc1cnn(Cc2c(F)cc(F)c(F)c2F)c1)c1sc2ccccc2c1Cl. The van der Waals surface area contributed by atoms with E-state index < -0.39 is 41.3 Å². The number of nitrogens with zero attached hydrogens (tertiary/aromatic N) is 2. The molecule has 0 aliphatic carbocycles. The summed E-state index contributed by atoms with van der Waals surface area (Å²) in [5.74, 6) is -6.71. The van der Waals surface area contributed by atoms with Crippen molar-refractivity contribution in [2.75, 3.05) is 5.32 Å². The number of halogens is 5. The van der Waals surface area contributed by atoms with Gasteiger partial charge in [-0.3, -0.25) is 9.48 Å². The Bertz CT molecular complexity index is 1250. The van der Waals surface area contributed by atoms with Crippen LogP contribution in [-0.4, -0.2) is 15.7 Å². The first-order chi connectivity index (χ1) is 13.8. The molecule has 0 radical (unpaired) electrons. The third-order valence-electron chi connectivity index (χ3n) is 4.16. The van der Waals surface area contributed by atoms with Gasteiger partial charge in [0, 0.05) is 27.9 Å². The van der Waals surface area contributed by atoms with Gasteiger partial charge < -0.3 is 5.32 Å². The quantitative estimate of drug-likeness (QED) is 0.255. The van der Waals surface area contributed by atoms with Gasteiger partial charge in [0.1, 0.15) is 10.7 Å². The largest absolute Gasteiger partial charge is 0.319 e. The standard InChI is InChI=1S/C19H10ClF4N3OS/c20-15-10-3-1-2-4-14(10)29-18(15)19(28)26-9-6-25-27(7-9)8-11-12(21)5-13(22)17(24)16(11)23/h1-7H,8H2,(H,26,28). The number of amides is 1. The predicted octanol–water partition coefficient (Wildman–Crippen LogP) is 5.61. The molecule has 0 bridgehead atoms. The third kappa shape index (κ3) is 3.58. The Morgan fingerprint density at radius 2 is 1.90 bits per heavy atom. The highest BCUT2D eigenvalue weighted by Gasteiger charge is 2.20. The highest BCUT2D eigenvalue weighted by atomic mass is 35.5. The van der Waals surface area contributed by atoms with Gasteiger partial charge in [-0.05, 0) is 6.07 Å². The Morgan fingerprint density at radius 1 is 1.14 bits per heavy atom. The summed E-state index contributed by atoms with van der Waals surface area (Å²) in [6.07, 6.45) is 2.56. The number of rotatable bonds is 4. The monoisotopic (exact) mass is 439 g/mol. The van der Waals surface area contributed by atoms with Crippen molar-refractivity contribution < 1.29 is 22.4 Å². The molecule has 0 saturated heterocycles. The van der Waals surface area contributed by atoms with Gasteiger partial charge in [-0.15, -0.1) is 11.3 Å². The molecule has 0 spiro atoms. The zero-order valence-electron chi connectivity index (χ0n) is 14.3. The Labute approximate surface area is 170 Å². The van der Waals surface area contributed by atoms with Crippen LogP contribution in [0, 0.1) is 23.3 Å². The van der Waals surface area contributed by atoms with Gasteiger partial charge in [0.05, 0.1) is 23.5 Å². The van der Waals surface area contributed by atoms with Gasteiger partial charge in [-0.25, -0.2) is 17.6 Å². The van der Waals surface area contributed by atoms with E-state index in [2.05, 4.69) is 10.4 Å². The highest BCUT2D eigenvalue weighted by Crippen LogP contribution is 2.35. The van der Waals surface area contributed by atoms with E-state index in [4.69, 9.17) is 11.6 Å². The summed E-state index contributed by atoms with van der Waals surface area (Å²) in [5, 5.41) is 7.55. The Hall–Kier alpha value is -2.91. The van der Waals surface area contributed by atoms with Crippen LogP contribution >= 0.6 is 22.9 Å². The van der Waals surface area contributed by atoms with Crippen LogP contribution in [0.2, 0.25) is 5.02 Å². The zero-order chi connectivity index (χ0) is 20.7. The number of hydrogen-bond donors (Lipinski definition) is 1. The van der Waals surface area contributed by atoms with Gasteiger partial charge in [0.2, 0.25) is 0 Å². The van der Waals surface area contributed by atoms with Gasteiger partial charge in [0.15, 0.2) is 17.5 Å². The van der Waals surface area contributed by atoms with Crippen molar-refractivity contribution in [3.63, 3.8) is 0 Å². The maximum atomic E-state index is 13.8. The molecule has 10 heteroatoms. The molecule has 2 heterocycles. The van der Waals surface area contributed by atoms with Crippen molar-refractivity contribution in [3.05, 3.63) is 81.5 Å². The molecule has 0 atom stereocenters. The molecule has 0 fully saturated rings. The number of benzene rings is 2. The number of hydrogen-bond acceptors (Lipinski definition) is 3. The molecule has 0 unspecified atom stereocenters. The fraction of sp³-hybridized carbons (Fsp3) is 0.0526. The van der Waals surface area contributed by atoms with Crippen molar-refractivity contribution in [1.29, 1.82) is 0 Å². The topological polar surface area (TPSA) is 46.9 Å².